The van der Waals surface area contributed by atoms with E-state index >= 15 is 0 Å². The second-order valence-electron chi connectivity index (χ2n) is 4.84. The summed E-state index contributed by atoms with van der Waals surface area (Å²) in [6.45, 7) is 5.10. The van der Waals surface area contributed by atoms with Crippen molar-refractivity contribution >= 4 is 16.6 Å². The highest BCUT2D eigenvalue weighted by molar-refractivity contribution is 5.92. The minimum Gasteiger partial charge on any atom is -0.494 e. The topological polar surface area (TPSA) is 34.2 Å². The van der Waals surface area contributed by atoms with Crippen LogP contribution in [0.1, 0.15) is 32.4 Å². The van der Waals surface area contributed by atoms with E-state index in [1.807, 2.05) is 0 Å². The zero-order chi connectivity index (χ0) is 14.5. The van der Waals surface area contributed by atoms with E-state index < -0.39 is 0 Å². The molecular weight excluding hydrogens is 255 g/mol. The Balaban J connectivity index is 2.57. The molecule has 2 aromatic rings. The molecule has 0 spiro atoms. The summed E-state index contributed by atoms with van der Waals surface area (Å²) in [5, 5.41) is 4.29. The molecule has 108 valence electrons. The van der Waals surface area contributed by atoms with E-state index in [-0.39, 0.29) is 11.6 Å². The molecule has 1 aromatic heterocycles. The predicted octanol–water partition coefficient (Wildman–Crippen LogP) is 4.16. The van der Waals surface area contributed by atoms with Gasteiger partial charge >= 0.3 is 0 Å². The second-order valence-corrected chi connectivity index (χ2v) is 4.84. The maximum absolute atomic E-state index is 13.8. The Morgan fingerprint density at radius 2 is 2.00 bits per heavy atom. The van der Waals surface area contributed by atoms with Crippen molar-refractivity contribution in [3.8, 4) is 5.75 Å². The van der Waals surface area contributed by atoms with E-state index in [2.05, 4.69) is 30.2 Å². The number of benzene rings is 1. The molecule has 0 bridgehead atoms. The van der Waals surface area contributed by atoms with Crippen molar-refractivity contribution in [2.24, 2.45) is 0 Å². The monoisotopic (exact) mass is 276 g/mol. The Morgan fingerprint density at radius 3 is 2.65 bits per heavy atom. The van der Waals surface area contributed by atoms with Crippen LogP contribution in [0.4, 0.5) is 10.1 Å². The Hall–Kier alpha value is -1.84. The van der Waals surface area contributed by atoms with Crippen LogP contribution in [-0.2, 0) is 6.42 Å². The number of rotatable bonds is 6. The maximum atomic E-state index is 13.8. The third kappa shape index (κ3) is 3.00. The van der Waals surface area contributed by atoms with E-state index in [0.717, 1.165) is 42.6 Å². The largest absolute Gasteiger partial charge is 0.494 e. The van der Waals surface area contributed by atoms with Gasteiger partial charge in [-0.15, -0.1) is 0 Å². The van der Waals surface area contributed by atoms with E-state index in [1.54, 1.807) is 6.07 Å². The number of fused-ring (bicyclic) bond motifs is 1. The fourth-order valence-corrected chi connectivity index (χ4v) is 2.23. The van der Waals surface area contributed by atoms with Gasteiger partial charge < -0.3 is 10.1 Å². The molecular formula is C16H21FN2O. The van der Waals surface area contributed by atoms with Crippen molar-refractivity contribution in [1.29, 1.82) is 0 Å². The minimum absolute atomic E-state index is 0.252. The van der Waals surface area contributed by atoms with Gasteiger partial charge in [0, 0.05) is 29.4 Å². The van der Waals surface area contributed by atoms with Gasteiger partial charge in [-0.3, -0.25) is 4.98 Å². The Kier molecular flexibility index (Phi) is 4.77. The van der Waals surface area contributed by atoms with Crippen LogP contribution in [0.15, 0.2) is 18.2 Å². The number of nitrogens with zero attached hydrogens (tertiary/aromatic N) is 1. The highest BCUT2D eigenvalue weighted by Crippen LogP contribution is 2.30. The number of hydrogen-bond donors (Lipinski definition) is 1. The van der Waals surface area contributed by atoms with Gasteiger partial charge in [0.05, 0.1) is 12.6 Å². The molecule has 3 nitrogen and oxygen atoms in total. The second kappa shape index (κ2) is 6.55. The fraction of sp³-hybridized carbons (Fsp3) is 0.438. The molecule has 0 atom stereocenters. The Morgan fingerprint density at radius 1 is 1.20 bits per heavy atom. The summed E-state index contributed by atoms with van der Waals surface area (Å²) in [5.74, 6) is -0.121. The summed E-state index contributed by atoms with van der Waals surface area (Å²) >= 11 is 0. The Labute approximate surface area is 119 Å². The van der Waals surface area contributed by atoms with Crippen molar-refractivity contribution < 1.29 is 9.13 Å². The summed E-state index contributed by atoms with van der Waals surface area (Å²) in [7, 11) is 1.47. The molecule has 0 fully saturated rings. The van der Waals surface area contributed by atoms with E-state index in [4.69, 9.17) is 4.74 Å². The van der Waals surface area contributed by atoms with Crippen molar-refractivity contribution in [1.82, 2.24) is 4.98 Å². The number of aromatic nitrogens is 1. The van der Waals surface area contributed by atoms with Gasteiger partial charge in [0.2, 0.25) is 0 Å². The normalized spacial score (nSPS) is 10.8. The molecule has 20 heavy (non-hydrogen) atoms. The highest BCUT2D eigenvalue weighted by atomic mass is 19.1. The molecule has 0 radical (unpaired) electrons. The molecule has 0 amide bonds. The lowest BCUT2D eigenvalue weighted by Gasteiger charge is -2.12. The van der Waals surface area contributed by atoms with Crippen LogP contribution in [0.5, 0.6) is 5.75 Å². The number of hydrogen-bond acceptors (Lipinski definition) is 3. The molecule has 1 heterocycles. The standard InChI is InChI=1S/C16H21FN2O/c1-4-6-11-8-14(18-7-5-2)12-9-16(20-3)13(17)10-15(12)19-11/h8-10H,4-7H2,1-3H3,(H,18,19). The quantitative estimate of drug-likeness (QED) is 0.860. The van der Waals surface area contributed by atoms with E-state index in [1.165, 1.54) is 13.2 Å². The van der Waals surface area contributed by atoms with Crippen molar-refractivity contribution in [2.45, 2.75) is 33.1 Å². The van der Waals surface area contributed by atoms with Gasteiger partial charge in [-0.2, -0.15) is 0 Å². The van der Waals surface area contributed by atoms with Crippen molar-refractivity contribution in [3.63, 3.8) is 0 Å². The zero-order valence-electron chi connectivity index (χ0n) is 12.3. The van der Waals surface area contributed by atoms with Gasteiger partial charge in [0.1, 0.15) is 0 Å². The minimum atomic E-state index is -0.373. The smallest absolute Gasteiger partial charge is 0.167 e. The third-order valence-electron chi connectivity index (χ3n) is 3.21. The first-order valence-electron chi connectivity index (χ1n) is 7.10. The number of nitrogens with one attached hydrogen (secondary N) is 1. The van der Waals surface area contributed by atoms with Gasteiger partial charge in [-0.25, -0.2) is 4.39 Å². The molecule has 4 heteroatoms. The summed E-state index contributed by atoms with van der Waals surface area (Å²) in [4.78, 5) is 4.53. The lowest BCUT2D eigenvalue weighted by Crippen LogP contribution is -2.03. The van der Waals surface area contributed by atoms with Crippen molar-refractivity contribution in [3.05, 3.63) is 29.7 Å². The van der Waals surface area contributed by atoms with Crippen LogP contribution in [0, 0.1) is 5.82 Å². The molecule has 0 aliphatic heterocycles. The zero-order valence-corrected chi connectivity index (χ0v) is 12.3. The molecule has 1 aromatic carbocycles. The molecule has 0 aliphatic rings. The lowest BCUT2D eigenvalue weighted by molar-refractivity contribution is 0.387. The van der Waals surface area contributed by atoms with Gasteiger partial charge in [-0.05, 0) is 25.0 Å². The van der Waals surface area contributed by atoms with Crippen LogP contribution in [-0.4, -0.2) is 18.6 Å². The van der Waals surface area contributed by atoms with Gasteiger partial charge in [0.15, 0.2) is 11.6 Å². The number of ether oxygens (including phenoxy) is 1. The van der Waals surface area contributed by atoms with Crippen LogP contribution < -0.4 is 10.1 Å². The molecule has 1 N–H and O–H groups in total. The number of methoxy groups -OCH3 is 1. The van der Waals surface area contributed by atoms with Crippen LogP contribution in [0.3, 0.4) is 0 Å². The van der Waals surface area contributed by atoms with Crippen LogP contribution in [0.2, 0.25) is 0 Å². The number of anilines is 1. The maximum Gasteiger partial charge on any atom is 0.167 e. The predicted molar refractivity (Wildman–Crippen MR) is 81.0 cm³/mol. The first-order chi connectivity index (χ1) is 9.69. The molecule has 0 saturated heterocycles. The van der Waals surface area contributed by atoms with Crippen LogP contribution in [0.25, 0.3) is 10.9 Å². The van der Waals surface area contributed by atoms with Crippen LogP contribution >= 0.6 is 0 Å². The van der Waals surface area contributed by atoms with Gasteiger partial charge in [-0.1, -0.05) is 20.3 Å². The van der Waals surface area contributed by atoms with Gasteiger partial charge in [0.25, 0.3) is 0 Å². The summed E-state index contributed by atoms with van der Waals surface area (Å²) in [6, 6.07) is 5.22. The Bertz CT molecular complexity index is 599. The molecule has 0 saturated carbocycles. The fourth-order valence-electron chi connectivity index (χ4n) is 2.23. The summed E-state index contributed by atoms with van der Waals surface area (Å²) < 4.78 is 18.9. The molecule has 0 aliphatic carbocycles. The van der Waals surface area contributed by atoms with E-state index in [9.17, 15) is 4.39 Å². The molecule has 0 unspecified atom stereocenters. The SMILES string of the molecule is CCCNc1cc(CCC)nc2cc(F)c(OC)cc12. The summed E-state index contributed by atoms with van der Waals surface area (Å²) in [5.41, 5.74) is 2.66. The first-order valence-corrected chi connectivity index (χ1v) is 7.10. The first kappa shape index (κ1) is 14.6. The average molecular weight is 276 g/mol. The van der Waals surface area contributed by atoms with E-state index in [0.29, 0.717) is 5.52 Å². The number of halogens is 1. The van der Waals surface area contributed by atoms with Crippen molar-refractivity contribution in [2.75, 3.05) is 19.0 Å². The number of aryl methyl sites for hydroxylation is 1. The lowest BCUT2D eigenvalue weighted by atomic mass is 10.1. The average Bonchev–Trinajstić information content (AvgIpc) is 2.44. The molecule has 2 rings (SSSR count). The highest BCUT2D eigenvalue weighted by Gasteiger charge is 2.11. The number of pyridine rings is 1. The summed E-state index contributed by atoms with van der Waals surface area (Å²) in [6.07, 6.45) is 2.94. The third-order valence-corrected chi connectivity index (χ3v) is 3.21.